The Balaban J connectivity index is 2.68. The molecule has 4 heteroatoms. The molecule has 0 amide bonds. The molecule has 3 nitrogen and oxygen atoms in total. The highest BCUT2D eigenvalue weighted by molar-refractivity contribution is 5.61. The first-order valence-electron chi connectivity index (χ1n) is 4.50. The van der Waals surface area contributed by atoms with Gasteiger partial charge in [0.1, 0.15) is 0 Å². The molecule has 76 valence electrons. The van der Waals surface area contributed by atoms with Crippen LogP contribution in [0, 0.1) is 12.9 Å². The number of aromatic nitrogens is 2. The molecule has 0 aliphatic carbocycles. The van der Waals surface area contributed by atoms with Crippen molar-refractivity contribution in [3.63, 3.8) is 0 Å². The van der Waals surface area contributed by atoms with E-state index >= 15 is 0 Å². The van der Waals surface area contributed by atoms with E-state index in [1.807, 2.05) is 23.2 Å². The van der Waals surface area contributed by atoms with Gasteiger partial charge in [0.15, 0.2) is 5.95 Å². The van der Waals surface area contributed by atoms with Gasteiger partial charge in [-0.3, -0.25) is 4.98 Å². The van der Waals surface area contributed by atoms with Crippen LogP contribution in [0.5, 0.6) is 0 Å². The fourth-order valence-electron chi connectivity index (χ4n) is 1.38. The van der Waals surface area contributed by atoms with Crippen molar-refractivity contribution in [1.82, 2.24) is 9.97 Å². The third-order valence-electron chi connectivity index (χ3n) is 2.16. The van der Waals surface area contributed by atoms with Gasteiger partial charge in [0.25, 0.3) is 0 Å². The van der Waals surface area contributed by atoms with Crippen LogP contribution >= 0.6 is 0 Å². The zero-order chi connectivity index (χ0) is 10.8. The van der Waals surface area contributed by atoms with Gasteiger partial charge in [0.2, 0.25) is 0 Å². The molecule has 1 N–H and O–H groups in total. The van der Waals surface area contributed by atoms with Gasteiger partial charge in [-0.2, -0.15) is 9.37 Å². The summed E-state index contributed by atoms with van der Waals surface area (Å²) in [6.07, 6.45) is 0. The first-order valence-corrected chi connectivity index (χ1v) is 4.50. The molecule has 2 rings (SSSR count). The van der Waals surface area contributed by atoms with E-state index in [1.54, 1.807) is 19.1 Å². The lowest BCUT2D eigenvalue weighted by Gasteiger charge is -2.04. The molecular weight excluding hydrogens is 195 g/mol. The van der Waals surface area contributed by atoms with Crippen molar-refractivity contribution in [2.75, 3.05) is 0 Å². The number of nitrogens with zero attached hydrogens (tertiary/aromatic N) is 1. The number of hydrogen-bond donors (Lipinski definition) is 1. The maximum Gasteiger partial charge on any atom is 0.347 e. The number of hydrogen-bond acceptors (Lipinski definition) is 2. The summed E-state index contributed by atoms with van der Waals surface area (Å²) < 4.78 is 13.2. The maximum absolute atomic E-state index is 13.2. The smallest absolute Gasteiger partial charge is 0.282 e. The monoisotopic (exact) mass is 204 g/mol. The summed E-state index contributed by atoms with van der Waals surface area (Å²) in [5.74, 6) is -0.631. The van der Waals surface area contributed by atoms with E-state index in [0.717, 1.165) is 5.56 Å². The minimum absolute atomic E-state index is 0.348. The fourth-order valence-corrected chi connectivity index (χ4v) is 1.38. The summed E-state index contributed by atoms with van der Waals surface area (Å²) in [6, 6.07) is 9.05. The van der Waals surface area contributed by atoms with E-state index in [1.165, 1.54) is 0 Å². The molecule has 1 aromatic heterocycles. The van der Waals surface area contributed by atoms with Gasteiger partial charge in [0.05, 0.1) is 5.69 Å². The SMILES string of the molecule is Cc1c(-c2ccccc2)nc(=O)[nH]c1F. The number of halogens is 1. The molecule has 0 aliphatic rings. The first kappa shape index (κ1) is 9.58. The van der Waals surface area contributed by atoms with Crippen molar-refractivity contribution < 1.29 is 4.39 Å². The second-order valence-electron chi connectivity index (χ2n) is 3.20. The van der Waals surface area contributed by atoms with Gasteiger partial charge in [-0.15, -0.1) is 0 Å². The third kappa shape index (κ3) is 1.79. The fraction of sp³-hybridized carbons (Fsp3) is 0.0909. The van der Waals surface area contributed by atoms with Crippen LogP contribution < -0.4 is 5.69 Å². The molecule has 2 aromatic rings. The Morgan fingerprint density at radius 2 is 1.93 bits per heavy atom. The standard InChI is InChI=1S/C11H9FN2O/c1-7-9(8-5-3-2-4-6-8)13-11(15)14-10(7)12/h2-6H,1H3,(H,13,14,15). The van der Waals surface area contributed by atoms with Gasteiger partial charge < -0.3 is 0 Å². The number of rotatable bonds is 1. The van der Waals surface area contributed by atoms with E-state index in [0.29, 0.717) is 11.3 Å². The van der Waals surface area contributed by atoms with Gasteiger partial charge in [0, 0.05) is 11.1 Å². The van der Waals surface area contributed by atoms with E-state index in [9.17, 15) is 9.18 Å². The molecule has 0 unspecified atom stereocenters. The Hall–Kier alpha value is -1.97. The Morgan fingerprint density at radius 3 is 2.60 bits per heavy atom. The Bertz CT molecular complexity index is 534. The van der Waals surface area contributed by atoms with Crippen LogP contribution in [-0.2, 0) is 0 Å². The lowest BCUT2D eigenvalue weighted by molar-refractivity contribution is 0.565. The minimum Gasteiger partial charge on any atom is -0.282 e. The molecule has 0 radical (unpaired) electrons. The molecule has 0 fully saturated rings. The molecule has 0 aliphatic heterocycles. The van der Waals surface area contributed by atoms with Crippen LogP contribution in [0.15, 0.2) is 35.1 Å². The topological polar surface area (TPSA) is 45.8 Å². The lowest BCUT2D eigenvalue weighted by Crippen LogP contribution is -2.14. The second kappa shape index (κ2) is 3.65. The summed E-state index contributed by atoms with van der Waals surface area (Å²) >= 11 is 0. The van der Waals surface area contributed by atoms with Gasteiger partial charge >= 0.3 is 5.69 Å². The van der Waals surface area contributed by atoms with Crippen LogP contribution in [0.2, 0.25) is 0 Å². The molecule has 1 heterocycles. The normalized spacial score (nSPS) is 10.3. The molecule has 0 saturated carbocycles. The van der Waals surface area contributed by atoms with Crippen molar-refractivity contribution in [2.45, 2.75) is 6.92 Å². The summed E-state index contributed by atoms with van der Waals surface area (Å²) in [5.41, 5.74) is 0.801. The predicted octanol–water partition coefficient (Wildman–Crippen LogP) is 1.88. The summed E-state index contributed by atoms with van der Waals surface area (Å²) in [5, 5.41) is 0. The molecule has 15 heavy (non-hydrogen) atoms. The molecule has 0 bridgehead atoms. The van der Waals surface area contributed by atoms with Crippen LogP contribution in [0.25, 0.3) is 11.3 Å². The largest absolute Gasteiger partial charge is 0.347 e. The highest BCUT2D eigenvalue weighted by Crippen LogP contribution is 2.19. The first-order chi connectivity index (χ1) is 7.18. The van der Waals surface area contributed by atoms with E-state index in [-0.39, 0.29) is 0 Å². The number of benzene rings is 1. The molecular formula is C11H9FN2O. The second-order valence-corrected chi connectivity index (χ2v) is 3.20. The van der Waals surface area contributed by atoms with Gasteiger partial charge in [-0.25, -0.2) is 4.79 Å². The Labute approximate surface area is 85.6 Å². The summed E-state index contributed by atoms with van der Waals surface area (Å²) in [7, 11) is 0. The highest BCUT2D eigenvalue weighted by atomic mass is 19.1. The van der Waals surface area contributed by atoms with E-state index in [4.69, 9.17) is 0 Å². The van der Waals surface area contributed by atoms with Gasteiger partial charge in [-0.05, 0) is 6.92 Å². The predicted molar refractivity (Wildman–Crippen MR) is 55.0 cm³/mol. The summed E-state index contributed by atoms with van der Waals surface area (Å²) in [6.45, 7) is 1.58. The van der Waals surface area contributed by atoms with Crippen molar-refractivity contribution >= 4 is 0 Å². The van der Waals surface area contributed by atoms with E-state index < -0.39 is 11.6 Å². The van der Waals surface area contributed by atoms with Gasteiger partial charge in [-0.1, -0.05) is 30.3 Å². The number of nitrogens with one attached hydrogen (secondary N) is 1. The Kier molecular flexibility index (Phi) is 2.33. The molecule has 0 atom stereocenters. The third-order valence-corrected chi connectivity index (χ3v) is 2.16. The number of aromatic amines is 1. The maximum atomic E-state index is 13.2. The minimum atomic E-state index is -0.669. The van der Waals surface area contributed by atoms with Crippen LogP contribution in [0.3, 0.4) is 0 Å². The van der Waals surface area contributed by atoms with E-state index in [2.05, 4.69) is 4.98 Å². The average molecular weight is 204 g/mol. The highest BCUT2D eigenvalue weighted by Gasteiger charge is 2.09. The molecule has 0 spiro atoms. The van der Waals surface area contributed by atoms with Crippen molar-refractivity contribution in [1.29, 1.82) is 0 Å². The Morgan fingerprint density at radius 1 is 1.27 bits per heavy atom. The van der Waals surface area contributed by atoms with Crippen molar-refractivity contribution in [3.05, 3.63) is 52.3 Å². The quantitative estimate of drug-likeness (QED) is 0.721. The molecule has 0 saturated heterocycles. The summed E-state index contributed by atoms with van der Waals surface area (Å²) in [4.78, 5) is 16.8. The zero-order valence-corrected chi connectivity index (χ0v) is 8.12. The zero-order valence-electron chi connectivity index (χ0n) is 8.12. The van der Waals surface area contributed by atoms with Crippen molar-refractivity contribution in [3.8, 4) is 11.3 Å². The van der Waals surface area contributed by atoms with Crippen LogP contribution in [0.1, 0.15) is 5.56 Å². The van der Waals surface area contributed by atoms with Crippen LogP contribution in [-0.4, -0.2) is 9.97 Å². The van der Waals surface area contributed by atoms with Crippen LogP contribution in [0.4, 0.5) is 4.39 Å². The number of H-pyrrole nitrogens is 1. The average Bonchev–Trinajstić information content (AvgIpc) is 2.24. The van der Waals surface area contributed by atoms with Crippen molar-refractivity contribution in [2.24, 2.45) is 0 Å². The molecule has 1 aromatic carbocycles. The lowest BCUT2D eigenvalue weighted by atomic mass is 10.1.